The fourth-order valence-corrected chi connectivity index (χ4v) is 1.66. The number of anilines is 1. The van der Waals surface area contributed by atoms with E-state index in [1.807, 2.05) is 12.1 Å². The van der Waals surface area contributed by atoms with E-state index < -0.39 is 0 Å². The van der Waals surface area contributed by atoms with Crippen molar-refractivity contribution >= 4 is 11.6 Å². The SMILES string of the molecule is Nc1ccc(C(=O)NCCc2ccncc2)cc1O. The van der Waals surface area contributed by atoms with Crippen LogP contribution in [0.3, 0.4) is 0 Å². The molecular formula is C14H15N3O2. The molecule has 1 aromatic heterocycles. The van der Waals surface area contributed by atoms with Crippen molar-refractivity contribution in [3.63, 3.8) is 0 Å². The number of phenols is 1. The van der Waals surface area contributed by atoms with Gasteiger partial charge in [-0.2, -0.15) is 0 Å². The van der Waals surface area contributed by atoms with Crippen LogP contribution in [0.4, 0.5) is 5.69 Å². The van der Waals surface area contributed by atoms with E-state index in [0.29, 0.717) is 12.1 Å². The lowest BCUT2D eigenvalue weighted by molar-refractivity contribution is 0.0954. The Balaban J connectivity index is 1.89. The maximum atomic E-state index is 11.8. The molecule has 0 atom stereocenters. The van der Waals surface area contributed by atoms with Gasteiger partial charge in [0, 0.05) is 24.5 Å². The van der Waals surface area contributed by atoms with Gasteiger partial charge in [-0.1, -0.05) is 0 Å². The minimum Gasteiger partial charge on any atom is -0.506 e. The summed E-state index contributed by atoms with van der Waals surface area (Å²) in [6, 6.07) is 8.25. The molecule has 4 N–H and O–H groups in total. The van der Waals surface area contributed by atoms with Gasteiger partial charge in [-0.3, -0.25) is 9.78 Å². The molecule has 2 rings (SSSR count). The van der Waals surface area contributed by atoms with E-state index in [2.05, 4.69) is 10.3 Å². The van der Waals surface area contributed by atoms with Gasteiger partial charge >= 0.3 is 0 Å². The highest BCUT2D eigenvalue weighted by Gasteiger charge is 2.07. The van der Waals surface area contributed by atoms with Crippen molar-refractivity contribution in [3.8, 4) is 5.75 Å². The summed E-state index contributed by atoms with van der Waals surface area (Å²) in [6.07, 6.45) is 4.17. The summed E-state index contributed by atoms with van der Waals surface area (Å²) < 4.78 is 0. The molecule has 0 spiro atoms. The van der Waals surface area contributed by atoms with E-state index in [0.717, 1.165) is 12.0 Å². The molecule has 0 aliphatic carbocycles. The van der Waals surface area contributed by atoms with Crippen molar-refractivity contribution in [1.29, 1.82) is 0 Å². The van der Waals surface area contributed by atoms with E-state index in [1.54, 1.807) is 18.5 Å². The third-order valence-electron chi connectivity index (χ3n) is 2.74. The van der Waals surface area contributed by atoms with Crippen molar-refractivity contribution in [3.05, 3.63) is 53.9 Å². The summed E-state index contributed by atoms with van der Waals surface area (Å²) in [7, 11) is 0. The summed E-state index contributed by atoms with van der Waals surface area (Å²) in [5, 5.41) is 12.2. The van der Waals surface area contributed by atoms with Crippen LogP contribution in [0.15, 0.2) is 42.7 Å². The summed E-state index contributed by atoms with van der Waals surface area (Å²) in [4.78, 5) is 15.8. The maximum Gasteiger partial charge on any atom is 0.251 e. The zero-order valence-corrected chi connectivity index (χ0v) is 10.3. The molecule has 0 fully saturated rings. The molecular weight excluding hydrogens is 242 g/mol. The Bertz CT molecular complexity index is 570. The summed E-state index contributed by atoms with van der Waals surface area (Å²) in [5.41, 5.74) is 7.23. The molecule has 1 heterocycles. The Hall–Kier alpha value is -2.56. The Morgan fingerprint density at radius 1 is 1.26 bits per heavy atom. The number of hydrogen-bond acceptors (Lipinski definition) is 4. The van der Waals surface area contributed by atoms with Gasteiger partial charge in [0.1, 0.15) is 5.75 Å². The molecule has 5 heteroatoms. The Labute approximate surface area is 111 Å². The van der Waals surface area contributed by atoms with Gasteiger partial charge in [-0.05, 0) is 42.3 Å². The number of phenolic OH excluding ortho intramolecular Hbond substituents is 1. The summed E-state index contributed by atoms with van der Waals surface area (Å²) in [5.74, 6) is -0.314. The van der Waals surface area contributed by atoms with Gasteiger partial charge in [-0.15, -0.1) is 0 Å². The largest absolute Gasteiger partial charge is 0.506 e. The minimum atomic E-state index is -0.232. The second-order valence-corrected chi connectivity index (χ2v) is 4.13. The van der Waals surface area contributed by atoms with Gasteiger partial charge in [-0.25, -0.2) is 0 Å². The number of nitrogens with two attached hydrogens (primary N) is 1. The monoisotopic (exact) mass is 257 g/mol. The van der Waals surface area contributed by atoms with Crippen molar-refractivity contribution in [2.45, 2.75) is 6.42 Å². The zero-order valence-electron chi connectivity index (χ0n) is 10.3. The lowest BCUT2D eigenvalue weighted by Crippen LogP contribution is -2.25. The van der Waals surface area contributed by atoms with Gasteiger partial charge < -0.3 is 16.2 Å². The first-order valence-electron chi connectivity index (χ1n) is 5.92. The van der Waals surface area contributed by atoms with E-state index in [1.165, 1.54) is 12.1 Å². The molecule has 5 nitrogen and oxygen atoms in total. The van der Waals surface area contributed by atoms with Gasteiger partial charge in [0.25, 0.3) is 5.91 Å². The molecule has 0 aliphatic rings. The number of carbonyl (C=O) groups is 1. The van der Waals surface area contributed by atoms with Gasteiger partial charge in [0.15, 0.2) is 0 Å². The topological polar surface area (TPSA) is 88.2 Å². The van der Waals surface area contributed by atoms with Crippen LogP contribution in [0.5, 0.6) is 5.75 Å². The number of hydrogen-bond donors (Lipinski definition) is 3. The number of rotatable bonds is 4. The van der Waals surface area contributed by atoms with E-state index in [4.69, 9.17) is 5.73 Å². The normalized spacial score (nSPS) is 10.1. The van der Waals surface area contributed by atoms with E-state index in [9.17, 15) is 9.90 Å². The highest BCUT2D eigenvalue weighted by molar-refractivity contribution is 5.95. The number of aromatic hydroxyl groups is 1. The molecule has 19 heavy (non-hydrogen) atoms. The Morgan fingerprint density at radius 2 is 2.00 bits per heavy atom. The number of pyridine rings is 1. The molecule has 0 radical (unpaired) electrons. The first kappa shape index (κ1) is 12.9. The molecule has 1 amide bonds. The quantitative estimate of drug-likeness (QED) is 0.569. The highest BCUT2D eigenvalue weighted by atomic mass is 16.3. The van der Waals surface area contributed by atoms with Crippen LogP contribution in [0, 0.1) is 0 Å². The lowest BCUT2D eigenvalue weighted by Gasteiger charge is -2.06. The standard InChI is InChI=1S/C14H15N3O2/c15-12-2-1-11(9-13(12)18)14(19)17-8-5-10-3-6-16-7-4-10/h1-4,6-7,9,18H,5,8,15H2,(H,17,19). The van der Waals surface area contributed by atoms with Crippen LogP contribution in [-0.4, -0.2) is 22.5 Å². The van der Waals surface area contributed by atoms with Crippen molar-refractivity contribution in [2.75, 3.05) is 12.3 Å². The number of aromatic nitrogens is 1. The molecule has 2 aromatic rings. The first-order chi connectivity index (χ1) is 9.16. The Morgan fingerprint density at radius 3 is 2.68 bits per heavy atom. The molecule has 98 valence electrons. The van der Waals surface area contributed by atoms with Crippen molar-refractivity contribution in [1.82, 2.24) is 10.3 Å². The van der Waals surface area contributed by atoms with Crippen LogP contribution in [-0.2, 0) is 6.42 Å². The average Bonchev–Trinajstić information content (AvgIpc) is 2.43. The number of nitrogens with zero attached hydrogens (tertiary/aromatic N) is 1. The molecule has 0 bridgehead atoms. The summed E-state index contributed by atoms with van der Waals surface area (Å²) in [6.45, 7) is 0.522. The molecule has 1 aromatic carbocycles. The van der Waals surface area contributed by atoms with Crippen LogP contribution < -0.4 is 11.1 Å². The molecule has 0 unspecified atom stereocenters. The smallest absolute Gasteiger partial charge is 0.251 e. The molecule has 0 saturated carbocycles. The lowest BCUT2D eigenvalue weighted by atomic mass is 10.1. The maximum absolute atomic E-state index is 11.8. The van der Waals surface area contributed by atoms with Crippen molar-refractivity contribution in [2.24, 2.45) is 0 Å². The zero-order chi connectivity index (χ0) is 13.7. The van der Waals surface area contributed by atoms with Crippen LogP contribution in [0.2, 0.25) is 0 Å². The average molecular weight is 257 g/mol. The molecule has 0 aliphatic heterocycles. The highest BCUT2D eigenvalue weighted by Crippen LogP contribution is 2.20. The predicted octanol–water partition coefficient (Wildman–Crippen LogP) is 1.34. The third-order valence-corrected chi connectivity index (χ3v) is 2.74. The van der Waals surface area contributed by atoms with Gasteiger partial charge in [0.05, 0.1) is 5.69 Å². The second kappa shape index (κ2) is 5.86. The Kier molecular flexibility index (Phi) is 3.97. The molecule has 0 saturated heterocycles. The minimum absolute atomic E-state index is 0.0817. The fourth-order valence-electron chi connectivity index (χ4n) is 1.66. The number of nitrogen functional groups attached to an aromatic ring is 1. The summed E-state index contributed by atoms with van der Waals surface area (Å²) >= 11 is 0. The third kappa shape index (κ3) is 3.45. The first-order valence-corrected chi connectivity index (χ1v) is 5.92. The van der Waals surface area contributed by atoms with Crippen LogP contribution in [0.25, 0.3) is 0 Å². The van der Waals surface area contributed by atoms with Gasteiger partial charge in [0.2, 0.25) is 0 Å². The number of nitrogens with one attached hydrogen (secondary N) is 1. The number of carbonyl (C=O) groups excluding carboxylic acids is 1. The van der Waals surface area contributed by atoms with Crippen LogP contribution >= 0.6 is 0 Å². The van der Waals surface area contributed by atoms with Crippen molar-refractivity contribution < 1.29 is 9.90 Å². The second-order valence-electron chi connectivity index (χ2n) is 4.13. The van der Waals surface area contributed by atoms with E-state index in [-0.39, 0.29) is 17.3 Å². The fraction of sp³-hybridized carbons (Fsp3) is 0.143. The number of amides is 1. The number of benzene rings is 1. The predicted molar refractivity (Wildman–Crippen MR) is 72.8 cm³/mol. The van der Waals surface area contributed by atoms with Crippen LogP contribution in [0.1, 0.15) is 15.9 Å². The van der Waals surface area contributed by atoms with E-state index >= 15 is 0 Å².